The zero-order chi connectivity index (χ0) is 14.5. The highest BCUT2D eigenvalue weighted by Gasteiger charge is 2.35. The summed E-state index contributed by atoms with van der Waals surface area (Å²) in [6, 6.07) is 0. The van der Waals surface area contributed by atoms with E-state index in [9.17, 15) is 9.59 Å². The summed E-state index contributed by atoms with van der Waals surface area (Å²) in [7, 11) is 0. The van der Waals surface area contributed by atoms with Gasteiger partial charge in [-0.25, -0.2) is 9.59 Å². The van der Waals surface area contributed by atoms with Crippen LogP contribution in [0.2, 0.25) is 0 Å². The molecule has 2 saturated heterocycles. The summed E-state index contributed by atoms with van der Waals surface area (Å²) < 4.78 is 20.5. The third-order valence-electron chi connectivity index (χ3n) is 3.24. The van der Waals surface area contributed by atoms with Gasteiger partial charge in [0.2, 0.25) is 0 Å². The number of ether oxygens (including phenoxy) is 4. The topological polar surface area (TPSA) is 77.7 Å². The first-order valence-electron chi connectivity index (χ1n) is 6.96. The standard InChI is InChI=1S/C14H20O6/c1-3-9(11-7-17-11)19-13(15)5-6-14(16)20-10(4-2)12-8-18-12/h5-6,9-12H,3-4,7-8H2,1-2H3/b6-5+. The molecule has 112 valence electrons. The number of carbonyl (C=O) groups excluding carboxylic acids is 2. The average molecular weight is 284 g/mol. The lowest BCUT2D eigenvalue weighted by atomic mass is 10.2. The molecule has 0 aromatic heterocycles. The highest BCUT2D eigenvalue weighted by Crippen LogP contribution is 2.20. The summed E-state index contributed by atoms with van der Waals surface area (Å²) in [6.45, 7) is 5.08. The summed E-state index contributed by atoms with van der Waals surface area (Å²) in [5, 5.41) is 0. The first kappa shape index (κ1) is 15.0. The van der Waals surface area contributed by atoms with Crippen molar-refractivity contribution in [3.63, 3.8) is 0 Å². The molecule has 0 spiro atoms. The highest BCUT2D eigenvalue weighted by atomic mass is 16.6. The van der Waals surface area contributed by atoms with Crippen molar-refractivity contribution >= 4 is 11.9 Å². The van der Waals surface area contributed by atoms with Gasteiger partial charge in [-0.1, -0.05) is 13.8 Å². The van der Waals surface area contributed by atoms with E-state index < -0.39 is 11.9 Å². The number of carbonyl (C=O) groups is 2. The summed E-state index contributed by atoms with van der Waals surface area (Å²) >= 11 is 0. The quantitative estimate of drug-likeness (QED) is 0.376. The maximum Gasteiger partial charge on any atom is 0.331 e. The van der Waals surface area contributed by atoms with E-state index in [2.05, 4.69) is 0 Å². The van der Waals surface area contributed by atoms with Crippen LogP contribution in [-0.2, 0) is 28.5 Å². The molecule has 2 fully saturated rings. The van der Waals surface area contributed by atoms with E-state index in [1.54, 1.807) is 0 Å². The van der Waals surface area contributed by atoms with Crippen LogP contribution in [0.3, 0.4) is 0 Å². The van der Waals surface area contributed by atoms with Crippen LogP contribution in [0.5, 0.6) is 0 Å². The fourth-order valence-electron chi connectivity index (χ4n) is 1.90. The van der Waals surface area contributed by atoms with Gasteiger partial charge >= 0.3 is 11.9 Å². The van der Waals surface area contributed by atoms with Crippen LogP contribution in [0, 0.1) is 0 Å². The van der Waals surface area contributed by atoms with Gasteiger partial charge in [0, 0.05) is 12.2 Å². The van der Waals surface area contributed by atoms with Crippen molar-refractivity contribution < 1.29 is 28.5 Å². The third-order valence-corrected chi connectivity index (χ3v) is 3.24. The number of epoxide rings is 2. The van der Waals surface area contributed by atoms with Gasteiger partial charge in [-0.3, -0.25) is 0 Å². The molecular weight excluding hydrogens is 264 g/mol. The Kier molecular flexibility index (Phi) is 5.14. The predicted octanol–water partition coefficient (Wildman–Crippen LogP) is 0.984. The Morgan fingerprint density at radius 1 is 1.00 bits per heavy atom. The average Bonchev–Trinajstić information content (AvgIpc) is 3.29. The Labute approximate surface area is 118 Å². The molecule has 4 atom stereocenters. The SMILES string of the molecule is CCC(OC(=O)/C=C/C(=O)OC(CC)C1CO1)C1CO1. The first-order valence-corrected chi connectivity index (χ1v) is 6.96. The van der Waals surface area contributed by atoms with Crippen LogP contribution in [0.15, 0.2) is 12.2 Å². The molecule has 0 amide bonds. The molecule has 20 heavy (non-hydrogen) atoms. The largest absolute Gasteiger partial charge is 0.456 e. The lowest BCUT2D eigenvalue weighted by molar-refractivity contribution is -0.147. The van der Waals surface area contributed by atoms with Gasteiger partial charge in [-0.15, -0.1) is 0 Å². The lowest BCUT2D eigenvalue weighted by Crippen LogP contribution is -2.23. The minimum atomic E-state index is -0.556. The monoisotopic (exact) mass is 284 g/mol. The van der Waals surface area contributed by atoms with Gasteiger partial charge in [-0.05, 0) is 12.8 Å². The summed E-state index contributed by atoms with van der Waals surface area (Å²) in [6.07, 6.45) is 3.07. The van der Waals surface area contributed by atoms with Crippen LogP contribution in [0.25, 0.3) is 0 Å². The van der Waals surface area contributed by atoms with Gasteiger partial charge in [0.1, 0.15) is 24.4 Å². The van der Waals surface area contributed by atoms with Crippen LogP contribution in [0.4, 0.5) is 0 Å². The second-order valence-electron chi connectivity index (χ2n) is 4.84. The van der Waals surface area contributed by atoms with Gasteiger partial charge in [0.25, 0.3) is 0 Å². The van der Waals surface area contributed by atoms with Crippen LogP contribution in [0.1, 0.15) is 26.7 Å². The minimum absolute atomic E-state index is 0.000730. The molecule has 0 aromatic carbocycles. The Hall–Kier alpha value is -1.40. The second kappa shape index (κ2) is 6.85. The van der Waals surface area contributed by atoms with Crippen molar-refractivity contribution in [1.29, 1.82) is 0 Å². The minimum Gasteiger partial charge on any atom is -0.456 e. The summed E-state index contributed by atoms with van der Waals surface area (Å²) in [5.74, 6) is -1.11. The summed E-state index contributed by atoms with van der Waals surface area (Å²) in [4.78, 5) is 23.1. The number of hydrogen-bond acceptors (Lipinski definition) is 6. The maximum atomic E-state index is 11.6. The van der Waals surface area contributed by atoms with E-state index >= 15 is 0 Å². The van der Waals surface area contributed by atoms with Crippen molar-refractivity contribution in [3.05, 3.63) is 12.2 Å². The van der Waals surface area contributed by atoms with Gasteiger partial charge in [0.05, 0.1) is 13.2 Å². The van der Waals surface area contributed by atoms with Crippen LogP contribution < -0.4 is 0 Å². The van der Waals surface area contributed by atoms with Gasteiger partial charge in [0.15, 0.2) is 0 Å². The summed E-state index contributed by atoms with van der Waals surface area (Å²) in [5.41, 5.74) is 0. The Morgan fingerprint density at radius 2 is 1.35 bits per heavy atom. The molecule has 4 unspecified atom stereocenters. The molecule has 0 aromatic rings. The number of esters is 2. The maximum absolute atomic E-state index is 11.6. The van der Waals surface area contributed by atoms with Gasteiger partial charge < -0.3 is 18.9 Å². The van der Waals surface area contributed by atoms with Crippen molar-refractivity contribution in [2.45, 2.75) is 51.1 Å². The van der Waals surface area contributed by atoms with Crippen molar-refractivity contribution in [2.75, 3.05) is 13.2 Å². The highest BCUT2D eigenvalue weighted by molar-refractivity contribution is 5.91. The fraction of sp³-hybridized carbons (Fsp3) is 0.714. The van der Waals surface area contributed by atoms with E-state index in [0.29, 0.717) is 26.1 Å². The molecule has 2 aliphatic heterocycles. The Balaban J connectivity index is 1.72. The molecule has 2 heterocycles. The number of rotatable bonds is 8. The second-order valence-corrected chi connectivity index (χ2v) is 4.84. The van der Waals surface area contributed by atoms with Crippen molar-refractivity contribution in [1.82, 2.24) is 0 Å². The van der Waals surface area contributed by atoms with E-state index in [0.717, 1.165) is 12.2 Å². The van der Waals surface area contributed by atoms with E-state index in [4.69, 9.17) is 18.9 Å². The Morgan fingerprint density at radius 3 is 1.60 bits per heavy atom. The Bertz CT molecular complexity index is 347. The molecule has 0 aliphatic carbocycles. The molecule has 0 bridgehead atoms. The molecule has 0 saturated carbocycles. The first-order chi connectivity index (χ1) is 9.63. The smallest absolute Gasteiger partial charge is 0.331 e. The molecule has 2 rings (SSSR count). The van der Waals surface area contributed by atoms with E-state index in [1.165, 1.54) is 0 Å². The predicted molar refractivity (Wildman–Crippen MR) is 69.0 cm³/mol. The molecular formula is C14H20O6. The van der Waals surface area contributed by atoms with E-state index in [-0.39, 0.29) is 24.4 Å². The molecule has 6 nitrogen and oxygen atoms in total. The van der Waals surface area contributed by atoms with Crippen molar-refractivity contribution in [3.8, 4) is 0 Å². The van der Waals surface area contributed by atoms with Crippen molar-refractivity contribution in [2.24, 2.45) is 0 Å². The third kappa shape index (κ3) is 4.61. The normalized spacial score (nSPS) is 26.9. The molecule has 2 aliphatic rings. The van der Waals surface area contributed by atoms with Crippen LogP contribution in [-0.4, -0.2) is 49.6 Å². The van der Waals surface area contributed by atoms with Crippen LogP contribution >= 0.6 is 0 Å². The molecule has 0 radical (unpaired) electrons. The zero-order valence-corrected chi connectivity index (χ0v) is 11.7. The van der Waals surface area contributed by atoms with Gasteiger partial charge in [-0.2, -0.15) is 0 Å². The molecule has 0 N–H and O–H groups in total. The number of hydrogen-bond donors (Lipinski definition) is 0. The van der Waals surface area contributed by atoms with E-state index in [1.807, 2.05) is 13.8 Å². The fourth-order valence-corrected chi connectivity index (χ4v) is 1.90. The molecule has 6 heteroatoms. The lowest BCUT2D eigenvalue weighted by Gasteiger charge is -2.12. The zero-order valence-electron chi connectivity index (χ0n) is 11.7.